The van der Waals surface area contributed by atoms with Crippen LogP contribution in [0.4, 0.5) is 0 Å². The molecule has 0 unspecified atom stereocenters. The molecule has 0 aliphatic rings. The van der Waals surface area contributed by atoms with Crippen molar-refractivity contribution in [3.05, 3.63) is 0 Å². The standard InChI is InChI=1S/Co.Cr.Fe.Mo. The Labute approximate surface area is 71.5 Å². The van der Waals surface area contributed by atoms with Gasteiger partial charge in [-0.05, 0) is 0 Å². The van der Waals surface area contributed by atoms with Crippen LogP contribution in [0.3, 0.4) is 0 Å². The van der Waals surface area contributed by atoms with Crippen LogP contribution in [0, 0.1) is 0 Å². The Balaban J connectivity index is 0. The van der Waals surface area contributed by atoms with Crippen LogP contribution in [-0.2, 0) is 72.3 Å². The van der Waals surface area contributed by atoms with E-state index in [0.717, 1.165) is 0 Å². The van der Waals surface area contributed by atoms with Crippen molar-refractivity contribution in [2.75, 3.05) is 0 Å². The Morgan fingerprint density at radius 1 is 1.00 bits per heavy atom. The van der Waals surface area contributed by atoms with Crippen molar-refractivity contribution >= 4 is 0 Å². The second-order valence-electron chi connectivity index (χ2n) is 0. The van der Waals surface area contributed by atoms with E-state index in [0.29, 0.717) is 0 Å². The Morgan fingerprint density at radius 3 is 1.00 bits per heavy atom. The zero-order chi connectivity index (χ0) is 0. The third-order valence-electron chi connectivity index (χ3n) is 0. The second-order valence-corrected chi connectivity index (χ2v) is 0. The van der Waals surface area contributed by atoms with Crippen molar-refractivity contribution in [1.82, 2.24) is 0 Å². The van der Waals surface area contributed by atoms with Crippen LogP contribution < -0.4 is 0 Å². The molecule has 0 N–H and O–H groups in total. The minimum atomic E-state index is 0. The first-order chi connectivity index (χ1) is 0. The van der Waals surface area contributed by atoms with Gasteiger partial charge in [0, 0.05) is 72.3 Å². The first-order valence-corrected chi connectivity index (χ1v) is 0. The van der Waals surface area contributed by atoms with Gasteiger partial charge in [0.05, 0.1) is 0 Å². The average molecular weight is 263 g/mol. The van der Waals surface area contributed by atoms with Gasteiger partial charge in [-0.1, -0.05) is 0 Å². The van der Waals surface area contributed by atoms with Crippen molar-refractivity contribution in [2.45, 2.75) is 0 Å². The molecule has 0 bridgehead atoms. The van der Waals surface area contributed by atoms with Gasteiger partial charge in [-0.25, -0.2) is 0 Å². The van der Waals surface area contributed by atoms with E-state index in [4.69, 9.17) is 0 Å². The SMILES string of the molecule is [Co].[Cr].[Fe].[Mo]. The van der Waals surface area contributed by atoms with Crippen molar-refractivity contribution < 1.29 is 72.3 Å². The van der Waals surface area contributed by atoms with E-state index >= 15 is 0 Å². The molecule has 29 valence electrons. The maximum absolute atomic E-state index is 0. The van der Waals surface area contributed by atoms with Gasteiger partial charge >= 0.3 is 0 Å². The zero-order valence-electron chi connectivity index (χ0n) is 1.50. The Kier molecular flexibility index (Phi) is 160. The van der Waals surface area contributed by atoms with E-state index < -0.39 is 0 Å². The summed E-state index contributed by atoms with van der Waals surface area (Å²) in [7, 11) is 0. The van der Waals surface area contributed by atoms with Gasteiger partial charge in [-0.2, -0.15) is 0 Å². The summed E-state index contributed by atoms with van der Waals surface area (Å²) in [6.07, 6.45) is 0. The van der Waals surface area contributed by atoms with Crippen LogP contribution in [0.15, 0.2) is 0 Å². The second kappa shape index (κ2) is 18.7. The van der Waals surface area contributed by atoms with E-state index in [9.17, 15) is 0 Å². The quantitative estimate of drug-likeness (QED) is 0.539. The summed E-state index contributed by atoms with van der Waals surface area (Å²) < 4.78 is 0. The van der Waals surface area contributed by atoms with Crippen molar-refractivity contribution in [2.24, 2.45) is 0 Å². The molecule has 4 heteroatoms. The van der Waals surface area contributed by atoms with E-state index in [-0.39, 0.29) is 72.3 Å². The Bertz CT molecular complexity index is 8.00. The first kappa shape index (κ1) is 34.1. The van der Waals surface area contributed by atoms with Gasteiger partial charge in [-0.15, -0.1) is 0 Å². The summed E-state index contributed by atoms with van der Waals surface area (Å²) in [6.45, 7) is 0. The molecule has 0 saturated heterocycles. The van der Waals surface area contributed by atoms with Crippen LogP contribution in [0.1, 0.15) is 0 Å². The molecule has 0 saturated carbocycles. The molecular weight excluding hydrogens is 263 g/mol. The Hall–Kier alpha value is 2.25. The molecule has 0 aromatic carbocycles. The summed E-state index contributed by atoms with van der Waals surface area (Å²) >= 11 is 0. The van der Waals surface area contributed by atoms with Crippen molar-refractivity contribution in [3.8, 4) is 0 Å². The number of hydrogen-bond donors (Lipinski definition) is 0. The van der Waals surface area contributed by atoms with Crippen LogP contribution >= 0.6 is 0 Å². The average Bonchev–Trinajstić information content (AvgIpc) is 0. The molecule has 0 amide bonds. The fourth-order valence-corrected chi connectivity index (χ4v) is 0. The summed E-state index contributed by atoms with van der Waals surface area (Å²) in [5.41, 5.74) is 0. The molecule has 0 heterocycles. The van der Waals surface area contributed by atoms with E-state index in [2.05, 4.69) is 0 Å². The van der Waals surface area contributed by atoms with Gasteiger partial charge < -0.3 is 0 Å². The molecule has 0 fully saturated rings. The fraction of sp³-hybridized carbons (Fsp3) is 0. The molecule has 1 radical (unpaired) electrons. The monoisotopic (exact) mass is 265 g/mol. The summed E-state index contributed by atoms with van der Waals surface area (Å²) in [5.74, 6) is 0. The van der Waals surface area contributed by atoms with Crippen LogP contribution in [0.5, 0.6) is 0 Å². The van der Waals surface area contributed by atoms with Crippen molar-refractivity contribution in [3.63, 3.8) is 0 Å². The third-order valence-corrected chi connectivity index (χ3v) is 0. The molecule has 0 spiro atoms. The van der Waals surface area contributed by atoms with Gasteiger partial charge in [0.25, 0.3) is 0 Å². The summed E-state index contributed by atoms with van der Waals surface area (Å²) in [5, 5.41) is 0. The predicted octanol–water partition coefficient (Wildman–Crippen LogP) is -0.0100. The van der Waals surface area contributed by atoms with Crippen molar-refractivity contribution in [1.29, 1.82) is 0 Å². The third kappa shape index (κ3) is 8.87. The van der Waals surface area contributed by atoms with Gasteiger partial charge in [0.15, 0.2) is 0 Å². The molecule has 0 aliphatic heterocycles. The topological polar surface area (TPSA) is 0 Å². The number of rotatable bonds is 0. The van der Waals surface area contributed by atoms with E-state index in [1.807, 2.05) is 0 Å². The van der Waals surface area contributed by atoms with Gasteiger partial charge in [-0.3, -0.25) is 0 Å². The predicted molar refractivity (Wildman–Crippen MR) is 0 cm³/mol. The molecule has 0 nitrogen and oxygen atoms in total. The molecule has 0 aromatic heterocycles. The zero-order valence-corrected chi connectivity index (χ0v) is 6.93. The van der Waals surface area contributed by atoms with E-state index in [1.165, 1.54) is 0 Å². The molecular formula is CoCrFeMo. The maximum atomic E-state index is 0. The molecule has 0 aliphatic carbocycles. The molecule has 0 rings (SSSR count). The largest absolute Gasteiger partial charge is 0 e. The molecule has 0 atom stereocenters. The smallest absolute Gasteiger partial charge is 0 e. The summed E-state index contributed by atoms with van der Waals surface area (Å²) in [6, 6.07) is 0. The normalized spacial score (nSPS) is 0. The Morgan fingerprint density at radius 2 is 1.00 bits per heavy atom. The van der Waals surface area contributed by atoms with Gasteiger partial charge in [0.2, 0.25) is 0 Å². The number of hydrogen-bond acceptors (Lipinski definition) is 0. The van der Waals surface area contributed by atoms with Crippen LogP contribution in [0.2, 0.25) is 0 Å². The summed E-state index contributed by atoms with van der Waals surface area (Å²) in [4.78, 5) is 0. The molecule has 4 heavy (non-hydrogen) atoms. The van der Waals surface area contributed by atoms with E-state index in [1.54, 1.807) is 0 Å². The maximum Gasteiger partial charge on any atom is 0 e. The first-order valence-electron chi connectivity index (χ1n) is 0. The van der Waals surface area contributed by atoms with Gasteiger partial charge in [0.1, 0.15) is 0 Å². The minimum absolute atomic E-state index is 0. The fourth-order valence-electron chi connectivity index (χ4n) is 0. The molecule has 0 aromatic rings. The van der Waals surface area contributed by atoms with Crippen LogP contribution in [-0.4, -0.2) is 0 Å². The van der Waals surface area contributed by atoms with Crippen LogP contribution in [0.25, 0.3) is 0 Å². The minimum Gasteiger partial charge on any atom is 0 e.